The number of Topliss-reactive ketones (excluding diaryl/α,β-unsaturated/α-hetero) is 1. The van der Waals surface area contributed by atoms with Crippen molar-refractivity contribution in [3.63, 3.8) is 0 Å². The van der Waals surface area contributed by atoms with Gasteiger partial charge in [-0.2, -0.15) is 18.3 Å². The fourth-order valence-electron chi connectivity index (χ4n) is 4.53. The number of amides is 1. The Morgan fingerprint density at radius 1 is 1.19 bits per heavy atom. The number of alkyl halides is 3. The van der Waals surface area contributed by atoms with Gasteiger partial charge in [0.05, 0.1) is 6.20 Å². The highest BCUT2D eigenvalue weighted by molar-refractivity contribution is 7.15. The van der Waals surface area contributed by atoms with Gasteiger partial charge in [0, 0.05) is 36.5 Å². The molecule has 37 heavy (non-hydrogen) atoms. The van der Waals surface area contributed by atoms with Crippen molar-refractivity contribution in [2.24, 2.45) is 5.92 Å². The van der Waals surface area contributed by atoms with E-state index in [9.17, 15) is 27.2 Å². The van der Waals surface area contributed by atoms with Gasteiger partial charge in [0.2, 0.25) is 5.78 Å². The average Bonchev–Trinajstić information content (AvgIpc) is 3.35. The van der Waals surface area contributed by atoms with Crippen LogP contribution in [0.5, 0.6) is 0 Å². The molecule has 0 spiro atoms. The SMILES string of the molecule is CCn1ncc(NC(=O)c2nc(-c3ccccc3F)sc2C)c1N1CCC[C@@H](CC(=O)C(F)(F)F)CC1. The second kappa shape index (κ2) is 11.0. The second-order valence-electron chi connectivity index (χ2n) is 8.96. The van der Waals surface area contributed by atoms with E-state index in [0.29, 0.717) is 65.9 Å². The van der Waals surface area contributed by atoms with E-state index in [1.54, 1.807) is 29.8 Å². The zero-order valence-electron chi connectivity index (χ0n) is 20.4. The van der Waals surface area contributed by atoms with Gasteiger partial charge < -0.3 is 10.2 Å². The number of carbonyl (C=O) groups is 2. The molecule has 0 unspecified atom stereocenters. The van der Waals surface area contributed by atoms with Gasteiger partial charge in [0.15, 0.2) is 5.82 Å². The zero-order chi connectivity index (χ0) is 26.7. The van der Waals surface area contributed by atoms with Crippen LogP contribution in [-0.2, 0) is 11.3 Å². The number of hydrogen-bond donors (Lipinski definition) is 1. The molecule has 1 fully saturated rings. The van der Waals surface area contributed by atoms with Crippen molar-refractivity contribution in [1.29, 1.82) is 0 Å². The topological polar surface area (TPSA) is 80.1 Å². The average molecular weight is 538 g/mol. The number of halogens is 4. The lowest BCUT2D eigenvalue weighted by Crippen LogP contribution is -2.29. The first-order valence-electron chi connectivity index (χ1n) is 12.0. The Morgan fingerprint density at radius 3 is 2.65 bits per heavy atom. The summed E-state index contributed by atoms with van der Waals surface area (Å²) in [5.41, 5.74) is 0.953. The summed E-state index contributed by atoms with van der Waals surface area (Å²) < 4.78 is 54.1. The molecular weight excluding hydrogens is 510 g/mol. The summed E-state index contributed by atoms with van der Waals surface area (Å²) >= 11 is 1.22. The summed E-state index contributed by atoms with van der Waals surface area (Å²) in [6.07, 6.45) is -2.26. The van der Waals surface area contributed by atoms with Gasteiger partial charge in [-0.15, -0.1) is 11.3 Å². The molecule has 1 atom stereocenters. The molecule has 2 aromatic heterocycles. The lowest BCUT2D eigenvalue weighted by molar-refractivity contribution is -0.172. The minimum Gasteiger partial charge on any atom is -0.355 e. The number of rotatable bonds is 7. The van der Waals surface area contributed by atoms with Crippen LogP contribution in [-0.4, -0.2) is 45.7 Å². The number of hydrogen-bond acceptors (Lipinski definition) is 6. The lowest BCUT2D eigenvalue weighted by Gasteiger charge is -2.25. The number of aromatic nitrogens is 3. The lowest BCUT2D eigenvalue weighted by atomic mass is 9.94. The van der Waals surface area contributed by atoms with Crippen molar-refractivity contribution >= 4 is 34.5 Å². The Balaban J connectivity index is 1.51. The quantitative estimate of drug-likeness (QED) is 0.382. The highest BCUT2D eigenvalue weighted by atomic mass is 32.1. The Morgan fingerprint density at radius 2 is 1.95 bits per heavy atom. The largest absolute Gasteiger partial charge is 0.449 e. The van der Waals surface area contributed by atoms with E-state index < -0.39 is 30.1 Å². The summed E-state index contributed by atoms with van der Waals surface area (Å²) in [5, 5.41) is 7.63. The van der Waals surface area contributed by atoms with E-state index in [4.69, 9.17) is 0 Å². The molecule has 3 aromatic rings. The number of nitrogens with one attached hydrogen (secondary N) is 1. The molecule has 1 aliphatic heterocycles. The third-order valence-electron chi connectivity index (χ3n) is 6.41. The number of nitrogens with zero attached hydrogens (tertiary/aromatic N) is 4. The Bertz CT molecular complexity index is 1290. The molecule has 4 rings (SSSR count). The summed E-state index contributed by atoms with van der Waals surface area (Å²) in [4.78, 5) is 31.7. The van der Waals surface area contributed by atoms with Crippen LogP contribution in [0.25, 0.3) is 10.6 Å². The smallest absolute Gasteiger partial charge is 0.355 e. The number of anilines is 2. The third kappa shape index (κ3) is 6.00. The number of ketones is 1. The Hall–Kier alpha value is -3.28. The Labute approximate surface area is 215 Å². The first-order chi connectivity index (χ1) is 17.6. The van der Waals surface area contributed by atoms with Crippen molar-refractivity contribution < 1.29 is 27.2 Å². The van der Waals surface area contributed by atoms with E-state index in [1.807, 2.05) is 11.8 Å². The molecule has 0 saturated carbocycles. The summed E-state index contributed by atoms with van der Waals surface area (Å²) in [5.74, 6) is -2.28. The highest BCUT2D eigenvalue weighted by Gasteiger charge is 2.39. The first kappa shape index (κ1) is 26.8. The molecule has 3 heterocycles. The molecule has 198 valence electrons. The van der Waals surface area contributed by atoms with E-state index in [-0.39, 0.29) is 11.6 Å². The number of thiazole rings is 1. The molecule has 0 bridgehead atoms. The van der Waals surface area contributed by atoms with Crippen molar-refractivity contribution in [3.8, 4) is 10.6 Å². The maximum absolute atomic E-state index is 14.2. The molecular formula is C25H27F4N5O2S. The molecule has 0 aliphatic carbocycles. The third-order valence-corrected chi connectivity index (χ3v) is 7.42. The normalized spacial score (nSPS) is 16.5. The van der Waals surface area contributed by atoms with E-state index >= 15 is 0 Å². The molecule has 0 radical (unpaired) electrons. The standard InChI is InChI=1S/C25H27F4N5O2S/c1-3-34-24(33-11-6-7-16(10-12-33)13-20(35)25(27,28)29)19(14-30-34)31-22(36)21-15(2)37-23(32-21)17-8-4-5-9-18(17)26/h4-5,8-9,14,16H,3,6-7,10-13H2,1-2H3,(H,31,36)/t16-/m1/s1. The molecule has 1 amide bonds. The number of benzene rings is 1. The summed E-state index contributed by atoms with van der Waals surface area (Å²) in [6, 6.07) is 6.22. The van der Waals surface area contributed by atoms with Crippen LogP contribution in [0.1, 0.15) is 48.0 Å². The fraction of sp³-hybridized carbons (Fsp3) is 0.440. The molecule has 1 N–H and O–H groups in total. The van der Waals surface area contributed by atoms with Crippen LogP contribution >= 0.6 is 11.3 Å². The zero-order valence-corrected chi connectivity index (χ0v) is 21.3. The minimum atomic E-state index is -4.82. The van der Waals surface area contributed by atoms with Crippen molar-refractivity contribution in [2.75, 3.05) is 23.3 Å². The predicted octanol–water partition coefficient (Wildman–Crippen LogP) is 5.85. The van der Waals surface area contributed by atoms with Crippen molar-refractivity contribution in [1.82, 2.24) is 14.8 Å². The highest BCUT2D eigenvalue weighted by Crippen LogP contribution is 2.33. The summed E-state index contributed by atoms with van der Waals surface area (Å²) in [6.45, 7) is 5.14. The van der Waals surface area contributed by atoms with E-state index in [0.717, 1.165) is 0 Å². The van der Waals surface area contributed by atoms with E-state index in [1.165, 1.54) is 23.6 Å². The van der Waals surface area contributed by atoms with Crippen LogP contribution in [0.2, 0.25) is 0 Å². The maximum atomic E-state index is 14.2. The second-order valence-corrected chi connectivity index (χ2v) is 10.2. The number of aryl methyl sites for hydroxylation is 2. The van der Waals surface area contributed by atoms with Gasteiger partial charge in [-0.1, -0.05) is 12.1 Å². The predicted molar refractivity (Wildman–Crippen MR) is 133 cm³/mol. The Kier molecular flexibility index (Phi) is 7.96. The molecule has 1 aromatic carbocycles. The van der Waals surface area contributed by atoms with Gasteiger partial charge in [-0.05, 0) is 51.2 Å². The van der Waals surface area contributed by atoms with Gasteiger partial charge >= 0.3 is 6.18 Å². The van der Waals surface area contributed by atoms with Crippen LogP contribution in [0.4, 0.5) is 29.1 Å². The van der Waals surface area contributed by atoms with Gasteiger partial charge in [-0.25, -0.2) is 14.1 Å². The maximum Gasteiger partial charge on any atom is 0.449 e. The van der Waals surface area contributed by atoms with Crippen molar-refractivity contribution in [2.45, 2.75) is 52.3 Å². The van der Waals surface area contributed by atoms with Crippen LogP contribution < -0.4 is 10.2 Å². The van der Waals surface area contributed by atoms with Gasteiger partial charge in [-0.3, -0.25) is 9.59 Å². The van der Waals surface area contributed by atoms with Gasteiger partial charge in [0.25, 0.3) is 5.91 Å². The van der Waals surface area contributed by atoms with Gasteiger partial charge in [0.1, 0.15) is 22.2 Å². The van der Waals surface area contributed by atoms with Crippen LogP contribution in [0.15, 0.2) is 30.5 Å². The molecule has 12 heteroatoms. The fourth-order valence-corrected chi connectivity index (χ4v) is 5.47. The number of carbonyl (C=O) groups excluding carboxylic acids is 2. The molecule has 7 nitrogen and oxygen atoms in total. The van der Waals surface area contributed by atoms with Crippen LogP contribution in [0.3, 0.4) is 0 Å². The molecule has 1 aliphatic rings. The summed E-state index contributed by atoms with van der Waals surface area (Å²) in [7, 11) is 0. The van der Waals surface area contributed by atoms with E-state index in [2.05, 4.69) is 15.4 Å². The molecule has 1 saturated heterocycles. The van der Waals surface area contributed by atoms with Crippen LogP contribution in [0, 0.1) is 18.7 Å². The monoisotopic (exact) mass is 537 g/mol. The minimum absolute atomic E-state index is 0.181. The first-order valence-corrected chi connectivity index (χ1v) is 12.8. The van der Waals surface area contributed by atoms with Crippen molar-refractivity contribution in [3.05, 3.63) is 46.9 Å².